The van der Waals surface area contributed by atoms with Crippen molar-refractivity contribution in [1.82, 2.24) is 0 Å². The molecule has 0 bridgehead atoms. The minimum atomic E-state index is -0.0785. The normalized spacial score (nSPS) is 21.2. The van der Waals surface area contributed by atoms with Crippen molar-refractivity contribution in [2.24, 2.45) is 11.7 Å². The number of hydrogen-bond acceptors (Lipinski definition) is 4. The molecule has 1 aliphatic rings. The van der Waals surface area contributed by atoms with Gasteiger partial charge in [-0.1, -0.05) is 19.9 Å². The molecule has 2 atom stereocenters. The summed E-state index contributed by atoms with van der Waals surface area (Å²) in [5, 5.41) is 0. The zero-order valence-corrected chi connectivity index (χ0v) is 12.6. The Kier molecular flexibility index (Phi) is 5.40. The highest BCUT2D eigenvalue weighted by molar-refractivity contribution is 5.42. The highest BCUT2D eigenvalue weighted by Gasteiger charge is 2.30. The molecule has 0 fully saturated rings. The standard InChI is InChI=1S/C16H25NO3/c1-11(2)10-19-6-7-20-15-8-12-4-5-13(18-3)9-14(12)16(15)17/h4-5,9,11,15-16H,6-8,10,17H2,1-3H3. The predicted molar refractivity (Wildman–Crippen MR) is 79.0 cm³/mol. The van der Waals surface area contributed by atoms with Gasteiger partial charge in [-0.05, 0) is 29.2 Å². The lowest BCUT2D eigenvalue weighted by atomic mass is 10.1. The zero-order chi connectivity index (χ0) is 14.5. The second-order valence-electron chi connectivity index (χ2n) is 5.67. The molecule has 0 spiro atoms. The van der Waals surface area contributed by atoms with Crippen molar-refractivity contribution in [2.45, 2.75) is 32.4 Å². The summed E-state index contributed by atoms with van der Waals surface area (Å²) in [6, 6.07) is 5.98. The van der Waals surface area contributed by atoms with E-state index in [-0.39, 0.29) is 12.1 Å². The lowest BCUT2D eigenvalue weighted by molar-refractivity contribution is -0.00586. The van der Waals surface area contributed by atoms with Gasteiger partial charge in [0, 0.05) is 13.0 Å². The molecule has 0 amide bonds. The molecule has 4 nitrogen and oxygen atoms in total. The molecule has 112 valence electrons. The SMILES string of the molecule is COc1ccc2c(c1)C(N)C(OCCOCC(C)C)C2. The second kappa shape index (κ2) is 7.07. The second-order valence-corrected chi connectivity index (χ2v) is 5.67. The summed E-state index contributed by atoms with van der Waals surface area (Å²) < 4.78 is 16.6. The fourth-order valence-corrected chi connectivity index (χ4v) is 2.48. The van der Waals surface area contributed by atoms with E-state index in [0.717, 1.165) is 24.3 Å². The molecular weight excluding hydrogens is 254 g/mol. The van der Waals surface area contributed by atoms with Gasteiger partial charge in [-0.3, -0.25) is 0 Å². The number of rotatable bonds is 7. The molecule has 4 heteroatoms. The van der Waals surface area contributed by atoms with Gasteiger partial charge in [0.25, 0.3) is 0 Å². The molecule has 1 aromatic rings. The Morgan fingerprint density at radius 2 is 2.10 bits per heavy atom. The number of ether oxygens (including phenoxy) is 3. The minimum absolute atomic E-state index is 0.0414. The van der Waals surface area contributed by atoms with E-state index in [1.54, 1.807) is 7.11 Å². The van der Waals surface area contributed by atoms with Crippen LogP contribution in [0.1, 0.15) is 31.0 Å². The van der Waals surface area contributed by atoms with Crippen LogP contribution in [0.2, 0.25) is 0 Å². The Morgan fingerprint density at radius 1 is 1.30 bits per heavy atom. The summed E-state index contributed by atoms with van der Waals surface area (Å²) in [4.78, 5) is 0. The lowest BCUT2D eigenvalue weighted by Crippen LogP contribution is -2.26. The molecule has 1 aromatic carbocycles. The molecule has 0 heterocycles. The molecule has 0 saturated carbocycles. The van der Waals surface area contributed by atoms with E-state index in [9.17, 15) is 0 Å². The van der Waals surface area contributed by atoms with Gasteiger partial charge in [0.2, 0.25) is 0 Å². The van der Waals surface area contributed by atoms with Gasteiger partial charge in [0.1, 0.15) is 5.75 Å². The highest BCUT2D eigenvalue weighted by Crippen LogP contribution is 2.34. The van der Waals surface area contributed by atoms with Crippen molar-refractivity contribution in [3.8, 4) is 5.75 Å². The first kappa shape index (κ1) is 15.3. The monoisotopic (exact) mass is 279 g/mol. The van der Waals surface area contributed by atoms with Crippen LogP contribution in [-0.4, -0.2) is 33.0 Å². The zero-order valence-electron chi connectivity index (χ0n) is 12.6. The third kappa shape index (κ3) is 3.72. The number of fused-ring (bicyclic) bond motifs is 1. The smallest absolute Gasteiger partial charge is 0.119 e. The van der Waals surface area contributed by atoms with E-state index in [4.69, 9.17) is 19.9 Å². The molecule has 2 unspecified atom stereocenters. The summed E-state index contributed by atoms with van der Waals surface area (Å²) in [5.41, 5.74) is 8.65. The maximum absolute atomic E-state index is 6.26. The fourth-order valence-electron chi connectivity index (χ4n) is 2.48. The van der Waals surface area contributed by atoms with Gasteiger partial charge < -0.3 is 19.9 Å². The summed E-state index contributed by atoms with van der Waals surface area (Å²) in [7, 11) is 1.67. The topological polar surface area (TPSA) is 53.7 Å². The van der Waals surface area contributed by atoms with Crippen molar-refractivity contribution in [2.75, 3.05) is 26.9 Å². The molecule has 0 aromatic heterocycles. The van der Waals surface area contributed by atoms with E-state index in [0.29, 0.717) is 19.1 Å². The van der Waals surface area contributed by atoms with Gasteiger partial charge in [-0.25, -0.2) is 0 Å². The van der Waals surface area contributed by atoms with Crippen LogP contribution in [0.25, 0.3) is 0 Å². The average Bonchev–Trinajstić information content (AvgIpc) is 2.74. The van der Waals surface area contributed by atoms with Gasteiger partial charge in [-0.2, -0.15) is 0 Å². The summed E-state index contributed by atoms with van der Waals surface area (Å²) in [5.74, 6) is 1.40. The van der Waals surface area contributed by atoms with E-state index < -0.39 is 0 Å². The summed E-state index contributed by atoms with van der Waals surface area (Å²) in [6.07, 6.45) is 0.907. The van der Waals surface area contributed by atoms with Crippen LogP contribution >= 0.6 is 0 Å². The largest absolute Gasteiger partial charge is 0.497 e. The van der Waals surface area contributed by atoms with Crippen LogP contribution in [0.3, 0.4) is 0 Å². The van der Waals surface area contributed by atoms with Crippen molar-refractivity contribution in [3.05, 3.63) is 29.3 Å². The maximum Gasteiger partial charge on any atom is 0.119 e. The number of nitrogens with two attached hydrogens (primary N) is 1. The van der Waals surface area contributed by atoms with E-state index >= 15 is 0 Å². The first-order valence-electron chi connectivity index (χ1n) is 7.23. The van der Waals surface area contributed by atoms with Crippen LogP contribution < -0.4 is 10.5 Å². The predicted octanol–water partition coefficient (Wildman–Crippen LogP) is 2.31. The Balaban J connectivity index is 1.81. The average molecular weight is 279 g/mol. The van der Waals surface area contributed by atoms with Gasteiger partial charge in [0.15, 0.2) is 0 Å². The van der Waals surface area contributed by atoms with Gasteiger partial charge >= 0.3 is 0 Å². The molecule has 0 aliphatic heterocycles. The Bertz CT molecular complexity index is 434. The van der Waals surface area contributed by atoms with Crippen molar-refractivity contribution >= 4 is 0 Å². The molecule has 2 rings (SSSR count). The quantitative estimate of drug-likeness (QED) is 0.778. The van der Waals surface area contributed by atoms with E-state index in [1.807, 2.05) is 12.1 Å². The number of benzene rings is 1. The molecular formula is C16H25NO3. The first-order chi connectivity index (χ1) is 9.61. The number of methoxy groups -OCH3 is 1. The summed E-state index contributed by atoms with van der Waals surface area (Å²) in [6.45, 7) is 6.27. The van der Waals surface area contributed by atoms with Crippen LogP contribution in [0.4, 0.5) is 0 Å². The van der Waals surface area contributed by atoms with Crippen LogP contribution in [-0.2, 0) is 15.9 Å². The van der Waals surface area contributed by atoms with Gasteiger partial charge in [0.05, 0.1) is 32.5 Å². The van der Waals surface area contributed by atoms with Crippen molar-refractivity contribution in [1.29, 1.82) is 0 Å². The minimum Gasteiger partial charge on any atom is -0.497 e. The third-order valence-corrected chi connectivity index (χ3v) is 3.54. The number of hydrogen-bond donors (Lipinski definition) is 1. The molecule has 20 heavy (non-hydrogen) atoms. The third-order valence-electron chi connectivity index (χ3n) is 3.54. The molecule has 0 saturated heterocycles. The lowest BCUT2D eigenvalue weighted by Gasteiger charge is -2.17. The Labute approximate surface area is 121 Å². The molecule has 0 radical (unpaired) electrons. The molecule has 2 N–H and O–H groups in total. The van der Waals surface area contributed by atoms with Crippen LogP contribution in [0.15, 0.2) is 18.2 Å². The Hall–Kier alpha value is -1.10. The summed E-state index contributed by atoms with van der Waals surface area (Å²) >= 11 is 0. The Morgan fingerprint density at radius 3 is 2.80 bits per heavy atom. The van der Waals surface area contributed by atoms with Crippen LogP contribution in [0.5, 0.6) is 5.75 Å². The molecule has 1 aliphatic carbocycles. The maximum atomic E-state index is 6.26. The fraction of sp³-hybridized carbons (Fsp3) is 0.625. The van der Waals surface area contributed by atoms with E-state index in [1.165, 1.54) is 5.56 Å². The van der Waals surface area contributed by atoms with Crippen LogP contribution in [0, 0.1) is 5.92 Å². The van der Waals surface area contributed by atoms with E-state index in [2.05, 4.69) is 19.9 Å². The van der Waals surface area contributed by atoms with Crippen molar-refractivity contribution in [3.63, 3.8) is 0 Å². The first-order valence-corrected chi connectivity index (χ1v) is 7.23. The highest BCUT2D eigenvalue weighted by atomic mass is 16.5. The van der Waals surface area contributed by atoms with Crippen molar-refractivity contribution < 1.29 is 14.2 Å². The van der Waals surface area contributed by atoms with Gasteiger partial charge in [-0.15, -0.1) is 0 Å².